The molecule has 37 heavy (non-hydrogen) atoms. The number of hydrogen-bond acceptors (Lipinski definition) is 8. The fourth-order valence-corrected chi connectivity index (χ4v) is 5.31. The van der Waals surface area contributed by atoms with Crippen LogP contribution in [0.3, 0.4) is 0 Å². The van der Waals surface area contributed by atoms with E-state index in [1.807, 2.05) is 48.7 Å². The average Bonchev–Trinajstić information content (AvgIpc) is 3.59. The zero-order chi connectivity index (χ0) is 25.2. The molecule has 2 N–H and O–H groups in total. The summed E-state index contributed by atoms with van der Waals surface area (Å²) in [6, 6.07) is 15.1. The largest absolute Gasteiger partial charge is 0.492 e. The van der Waals surface area contributed by atoms with Crippen LogP contribution < -0.4 is 15.4 Å². The Morgan fingerprint density at radius 1 is 1.11 bits per heavy atom. The van der Waals surface area contributed by atoms with Crippen LogP contribution in [0.4, 0.5) is 16.3 Å². The molecule has 0 unspecified atom stereocenters. The number of aryl methyl sites for hydroxylation is 1. The van der Waals surface area contributed by atoms with Gasteiger partial charge in [0.2, 0.25) is 0 Å². The van der Waals surface area contributed by atoms with Crippen LogP contribution in [0.15, 0.2) is 59.3 Å². The molecule has 2 aromatic carbocycles. The van der Waals surface area contributed by atoms with E-state index in [4.69, 9.17) is 19.0 Å². The highest BCUT2D eigenvalue weighted by atomic mass is 32.1. The van der Waals surface area contributed by atoms with Crippen molar-refractivity contribution in [3.05, 3.63) is 60.5 Å². The molecule has 0 atom stereocenters. The first-order valence-corrected chi connectivity index (χ1v) is 12.9. The van der Waals surface area contributed by atoms with Gasteiger partial charge in [-0.3, -0.25) is 14.6 Å². The van der Waals surface area contributed by atoms with Gasteiger partial charge >= 0.3 is 6.03 Å². The molecule has 4 heterocycles. The number of thiazole rings is 1. The Morgan fingerprint density at radius 3 is 2.73 bits per heavy atom. The number of hydrogen-bond donors (Lipinski definition) is 2. The predicted octanol–water partition coefficient (Wildman–Crippen LogP) is 4.87. The highest BCUT2D eigenvalue weighted by Gasteiger charge is 2.13. The number of morpholine rings is 1. The van der Waals surface area contributed by atoms with Crippen molar-refractivity contribution in [2.45, 2.75) is 6.92 Å². The topological polar surface area (TPSA) is 106 Å². The van der Waals surface area contributed by atoms with E-state index in [1.165, 1.54) is 0 Å². The Bertz CT molecular complexity index is 1530. The molecule has 2 amide bonds. The normalized spacial score (nSPS) is 14.3. The molecule has 0 radical (unpaired) electrons. The van der Waals surface area contributed by atoms with Gasteiger partial charge in [-0.15, -0.1) is 0 Å². The molecule has 3 aromatic heterocycles. The van der Waals surface area contributed by atoms with Gasteiger partial charge in [-0.2, -0.15) is 0 Å². The van der Waals surface area contributed by atoms with Crippen molar-refractivity contribution in [1.82, 2.24) is 19.4 Å². The summed E-state index contributed by atoms with van der Waals surface area (Å²) in [6.07, 6.45) is 2.04. The molecule has 1 aliphatic rings. The second kappa shape index (κ2) is 10.2. The number of carbonyl (C=O) groups excluding carboxylic acids is 1. The summed E-state index contributed by atoms with van der Waals surface area (Å²) >= 11 is 1.57. The van der Waals surface area contributed by atoms with Gasteiger partial charge in [0, 0.05) is 43.1 Å². The third-order valence-electron chi connectivity index (χ3n) is 6.15. The minimum Gasteiger partial charge on any atom is -0.492 e. The van der Waals surface area contributed by atoms with Gasteiger partial charge in [-0.05, 0) is 49.4 Å². The van der Waals surface area contributed by atoms with E-state index in [2.05, 4.69) is 25.1 Å². The molecular weight excluding hydrogens is 492 g/mol. The van der Waals surface area contributed by atoms with Gasteiger partial charge in [0.15, 0.2) is 10.8 Å². The minimum atomic E-state index is -0.384. The van der Waals surface area contributed by atoms with E-state index in [0.29, 0.717) is 23.9 Å². The number of ether oxygens (including phenoxy) is 2. The Morgan fingerprint density at radius 2 is 1.95 bits per heavy atom. The number of imidazole rings is 1. The number of carbonyl (C=O) groups is 1. The Hall–Kier alpha value is -3.93. The van der Waals surface area contributed by atoms with Gasteiger partial charge < -0.3 is 19.3 Å². The maximum Gasteiger partial charge on any atom is 0.324 e. The van der Waals surface area contributed by atoms with Crippen LogP contribution in [0.25, 0.3) is 26.4 Å². The van der Waals surface area contributed by atoms with E-state index < -0.39 is 0 Å². The lowest BCUT2D eigenvalue weighted by Gasteiger charge is -2.26. The van der Waals surface area contributed by atoms with E-state index in [-0.39, 0.29) is 6.03 Å². The Kier molecular flexibility index (Phi) is 6.47. The zero-order valence-corrected chi connectivity index (χ0v) is 21.1. The first kappa shape index (κ1) is 23.5. The van der Waals surface area contributed by atoms with Crippen LogP contribution in [0, 0.1) is 6.92 Å². The molecule has 6 rings (SSSR count). The first-order chi connectivity index (χ1) is 18.1. The van der Waals surface area contributed by atoms with Crippen LogP contribution in [0.5, 0.6) is 5.75 Å². The Balaban J connectivity index is 1.11. The van der Waals surface area contributed by atoms with Crippen LogP contribution >= 0.6 is 11.3 Å². The van der Waals surface area contributed by atoms with Crippen LogP contribution in [0.1, 0.15) is 5.76 Å². The van der Waals surface area contributed by atoms with Gasteiger partial charge in [-0.1, -0.05) is 16.5 Å². The van der Waals surface area contributed by atoms with Crippen molar-refractivity contribution < 1.29 is 18.8 Å². The van der Waals surface area contributed by atoms with Crippen LogP contribution in [-0.4, -0.2) is 64.9 Å². The molecule has 5 aromatic rings. The summed E-state index contributed by atoms with van der Waals surface area (Å²) in [6.45, 7) is 6.84. The highest BCUT2D eigenvalue weighted by Crippen LogP contribution is 2.31. The number of nitrogens with zero attached hydrogens (tertiary/aromatic N) is 4. The molecular formula is C26H26N6O4S. The molecule has 190 valence electrons. The first-order valence-electron chi connectivity index (χ1n) is 12.1. The van der Waals surface area contributed by atoms with Crippen molar-refractivity contribution in [2.75, 3.05) is 50.1 Å². The lowest BCUT2D eigenvalue weighted by molar-refractivity contribution is 0.0322. The van der Waals surface area contributed by atoms with Crippen molar-refractivity contribution >= 4 is 44.1 Å². The van der Waals surface area contributed by atoms with Crippen LogP contribution in [-0.2, 0) is 4.74 Å². The molecule has 1 aliphatic heterocycles. The average molecular weight is 519 g/mol. The number of aromatic nitrogens is 3. The lowest BCUT2D eigenvalue weighted by Crippen LogP contribution is -2.38. The number of rotatable bonds is 7. The van der Waals surface area contributed by atoms with Crippen molar-refractivity contribution in [3.8, 4) is 17.0 Å². The molecule has 0 spiro atoms. The summed E-state index contributed by atoms with van der Waals surface area (Å²) in [5, 5.41) is 9.25. The van der Waals surface area contributed by atoms with E-state index in [1.54, 1.807) is 24.3 Å². The maximum atomic E-state index is 12.3. The zero-order valence-electron chi connectivity index (χ0n) is 20.3. The van der Waals surface area contributed by atoms with Crippen LogP contribution in [0.2, 0.25) is 0 Å². The van der Waals surface area contributed by atoms with Gasteiger partial charge in [0.05, 0.1) is 29.1 Å². The third kappa shape index (κ3) is 5.29. The van der Waals surface area contributed by atoms with E-state index >= 15 is 0 Å². The second-order valence-electron chi connectivity index (χ2n) is 8.79. The lowest BCUT2D eigenvalue weighted by atomic mass is 10.1. The molecule has 1 saturated heterocycles. The molecule has 0 aliphatic carbocycles. The van der Waals surface area contributed by atoms with E-state index in [9.17, 15) is 4.79 Å². The number of urea groups is 1. The van der Waals surface area contributed by atoms with Crippen molar-refractivity contribution in [1.29, 1.82) is 0 Å². The minimum absolute atomic E-state index is 0.366. The summed E-state index contributed by atoms with van der Waals surface area (Å²) in [7, 11) is 0. The standard InChI is InChI=1S/C26H26N6O4S/c1-17-14-24(30-36-17)29-25(33)27-19-4-7-22-23(15-19)37-26-28-21(16-32(22)26)18-2-5-20(6-3-18)35-13-10-31-8-11-34-12-9-31/h2-7,14-16H,8-13H2,1H3,(H2,27,29,30,33). The number of fused-ring (bicyclic) bond motifs is 3. The molecule has 11 heteroatoms. The van der Waals surface area contributed by atoms with Crippen molar-refractivity contribution in [2.24, 2.45) is 0 Å². The van der Waals surface area contributed by atoms with Gasteiger partial charge in [-0.25, -0.2) is 9.78 Å². The fraction of sp³-hybridized carbons (Fsp3) is 0.269. The maximum absolute atomic E-state index is 12.3. The number of benzene rings is 2. The fourth-order valence-electron chi connectivity index (χ4n) is 4.26. The summed E-state index contributed by atoms with van der Waals surface area (Å²) in [5.41, 5.74) is 3.64. The molecule has 10 nitrogen and oxygen atoms in total. The Labute approximate surface area is 216 Å². The van der Waals surface area contributed by atoms with E-state index in [0.717, 1.165) is 65.0 Å². The quantitative estimate of drug-likeness (QED) is 0.317. The van der Waals surface area contributed by atoms with Crippen molar-refractivity contribution in [3.63, 3.8) is 0 Å². The number of amides is 2. The molecule has 0 bridgehead atoms. The SMILES string of the molecule is Cc1cc(NC(=O)Nc2ccc3c(c2)sc2nc(-c4ccc(OCCN5CCOCC5)cc4)cn23)no1. The van der Waals surface area contributed by atoms with Gasteiger partial charge in [0.1, 0.15) is 18.1 Å². The summed E-state index contributed by atoms with van der Waals surface area (Å²) in [5.74, 6) is 1.85. The number of nitrogens with one attached hydrogen (secondary N) is 2. The predicted molar refractivity (Wildman–Crippen MR) is 143 cm³/mol. The second-order valence-corrected chi connectivity index (χ2v) is 9.80. The smallest absolute Gasteiger partial charge is 0.324 e. The molecule has 1 fully saturated rings. The molecule has 0 saturated carbocycles. The summed E-state index contributed by atoms with van der Waals surface area (Å²) in [4.78, 5) is 20.3. The highest BCUT2D eigenvalue weighted by molar-refractivity contribution is 7.23. The monoisotopic (exact) mass is 518 g/mol. The third-order valence-corrected chi connectivity index (χ3v) is 7.17. The van der Waals surface area contributed by atoms with Gasteiger partial charge in [0.25, 0.3) is 0 Å². The summed E-state index contributed by atoms with van der Waals surface area (Å²) < 4.78 is 19.4. The number of anilines is 2.